The lowest BCUT2D eigenvalue weighted by atomic mass is 9.80. The third-order valence-electron chi connectivity index (χ3n) is 6.88. The monoisotopic (exact) mass is 391 g/mol. The topological polar surface area (TPSA) is 46.6 Å². The first-order valence-corrected chi connectivity index (χ1v) is 10.7. The molecule has 2 aliphatic carbocycles. The maximum absolute atomic E-state index is 13.2. The average Bonchev–Trinajstić information content (AvgIpc) is 3.36. The standard InChI is InChI=1S/C25H29NO3/c1-18-21-12-13-22(16-21)23(18)17-26(24(27)19-8-4-2-5-9-19)14-15-29-25(28)20-10-6-3-7-11-20/h2-11,18,21-23H,12-17H2,1H3. The number of rotatable bonds is 7. The number of hydrogen-bond donors (Lipinski definition) is 0. The van der Waals surface area contributed by atoms with Crippen molar-refractivity contribution < 1.29 is 14.3 Å². The van der Waals surface area contributed by atoms with Crippen LogP contribution in [0.2, 0.25) is 0 Å². The summed E-state index contributed by atoms with van der Waals surface area (Å²) in [5, 5.41) is 0. The number of ether oxygens (including phenoxy) is 1. The van der Waals surface area contributed by atoms with Crippen molar-refractivity contribution in [2.75, 3.05) is 19.7 Å². The molecule has 0 aromatic heterocycles. The molecule has 2 aromatic rings. The van der Waals surface area contributed by atoms with Gasteiger partial charge in [-0.3, -0.25) is 4.79 Å². The molecular weight excluding hydrogens is 362 g/mol. The Kier molecular flexibility index (Phi) is 5.98. The summed E-state index contributed by atoms with van der Waals surface area (Å²) in [6.45, 7) is 3.72. The molecule has 4 heteroatoms. The Labute approximate surface area is 172 Å². The van der Waals surface area contributed by atoms with Crippen LogP contribution in [0, 0.1) is 23.7 Å². The van der Waals surface area contributed by atoms with E-state index in [0.717, 1.165) is 18.4 Å². The Balaban J connectivity index is 1.42. The second-order valence-corrected chi connectivity index (χ2v) is 8.48. The maximum atomic E-state index is 13.2. The van der Waals surface area contributed by atoms with Crippen LogP contribution in [-0.2, 0) is 4.74 Å². The van der Waals surface area contributed by atoms with Crippen LogP contribution in [0.4, 0.5) is 0 Å². The van der Waals surface area contributed by atoms with Gasteiger partial charge in [-0.15, -0.1) is 0 Å². The van der Waals surface area contributed by atoms with E-state index in [4.69, 9.17) is 4.74 Å². The second-order valence-electron chi connectivity index (χ2n) is 8.48. The van der Waals surface area contributed by atoms with Gasteiger partial charge in [0, 0.05) is 12.1 Å². The molecule has 2 fully saturated rings. The summed E-state index contributed by atoms with van der Waals surface area (Å²) in [6.07, 6.45) is 3.93. The van der Waals surface area contributed by atoms with Gasteiger partial charge in [-0.1, -0.05) is 43.3 Å². The molecule has 0 heterocycles. The van der Waals surface area contributed by atoms with Gasteiger partial charge in [0.2, 0.25) is 0 Å². The predicted molar refractivity (Wildman–Crippen MR) is 113 cm³/mol. The van der Waals surface area contributed by atoms with Gasteiger partial charge in [-0.2, -0.15) is 0 Å². The SMILES string of the molecule is CC1C2CCC(C2)C1CN(CCOC(=O)c1ccccc1)C(=O)c1ccccc1. The number of fused-ring (bicyclic) bond motifs is 2. The van der Waals surface area contributed by atoms with Crippen molar-refractivity contribution in [2.24, 2.45) is 23.7 Å². The minimum absolute atomic E-state index is 0.0244. The predicted octanol–water partition coefficient (Wildman–Crippen LogP) is 4.67. The molecule has 0 N–H and O–H groups in total. The van der Waals surface area contributed by atoms with E-state index in [1.807, 2.05) is 53.4 Å². The van der Waals surface area contributed by atoms with Crippen LogP contribution in [0.3, 0.4) is 0 Å². The molecule has 152 valence electrons. The fourth-order valence-electron chi connectivity index (χ4n) is 5.21. The first kappa shape index (κ1) is 19.7. The lowest BCUT2D eigenvalue weighted by Gasteiger charge is -2.33. The van der Waals surface area contributed by atoms with Crippen LogP contribution in [0.15, 0.2) is 60.7 Å². The van der Waals surface area contributed by atoms with E-state index in [9.17, 15) is 9.59 Å². The largest absolute Gasteiger partial charge is 0.460 e. The molecule has 0 spiro atoms. The van der Waals surface area contributed by atoms with E-state index in [0.29, 0.717) is 29.5 Å². The smallest absolute Gasteiger partial charge is 0.338 e. The average molecular weight is 392 g/mol. The zero-order valence-corrected chi connectivity index (χ0v) is 17.0. The zero-order chi connectivity index (χ0) is 20.2. The van der Waals surface area contributed by atoms with Crippen LogP contribution in [0.25, 0.3) is 0 Å². The minimum Gasteiger partial charge on any atom is -0.460 e. The van der Waals surface area contributed by atoms with Crippen molar-refractivity contribution in [1.82, 2.24) is 4.90 Å². The summed E-state index contributed by atoms with van der Waals surface area (Å²) < 4.78 is 5.47. The van der Waals surface area contributed by atoms with E-state index in [1.54, 1.807) is 12.1 Å². The third-order valence-corrected chi connectivity index (χ3v) is 6.88. The van der Waals surface area contributed by atoms with Crippen LogP contribution < -0.4 is 0 Å². The summed E-state index contributed by atoms with van der Waals surface area (Å²) >= 11 is 0. The second kappa shape index (κ2) is 8.81. The van der Waals surface area contributed by atoms with Gasteiger partial charge >= 0.3 is 5.97 Å². The fourth-order valence-corrected chi connectivity index (χ4v) is 5.21. The lowest BCUT2D eigenvalue weighted by molar-refractivity contribution is 0.0401. The van der Waals surface area contributed by atoms with Crippen molar-refractivity contribution in [1.29, 1.82) is 0 Å². The van der Waals surface area contributed by atoms with Gasteiger partial charge in [0.25, 0.3) is 5.91 Å². The maximum Gasteiger partial charge on any atom is 0.338 e. The van der Waals surface area contributed by atoms with Crippen LogP contribution in [0.1, 0.15) is 46.9 Å². The van der Waals surface area contributed by atoms with Crippen molar-refractivity contribution in [2.45, 2.75) is 26.2 Å². The van der Waals surface area contributed by atoms with Crippen molar-refractivity contribution in [3.05, 3.63) is 71.8 Å². The third kappa shape index (κ3) is 4.36. The number of esters is 1. The molecule has 4 nitrogen and oxygen atoms in total. The molecule has 4 atom stereocenters. The van der Waals surface area contributed by atoms with Gasteiger partial charge in [-0.05, 0) is 67.2 Å². The van der Waals surface area contributed by atoms with Gasteiger partial charge in [0.15, 0.2) is 0 Å². The number of nitrogens with zero attached hydrogens (tertiary/aromatic N) is 1. The molecule has 0 saturated heterocycles. The van der Waals surface area contributed by atoms with Crippen LogP contribution in [0.5, 0.6) is 0 Å². The van der Waals surface area contributed by atoms with E-state index >= 15 is 0 Å². The quantitative estimate of drug-likeness (QED) is 0.645. The number of carbonyl (C=O) groups is 2. The van der Waals surface area contributed by atoms with Gasteiger partial charge in [-0.25, -0.2) is 4.79 Å². The normalized spacial score (nSPS) is 25.0. The van der Waals surface area contributed by atoms with Gasteiger partial charge < -0.3 is 9.64 Å². The van der Waals surface area contributed by atoms with E-state index < -0.39 is 0 Å². The van der Waals surface area contributed by atoms with Gasteiger partial charge in [0.1, 0.15) is 6.61 Å². The zero-order valence-electron chi connectivity index (χ0n) is 17.0. The summed E-state index contributed by atoms with van der Waals surface area (Å²) in [4.78, 5) is 27.3. The summed E-state index contributed by atoms with van der Waals surface area (Å²) in [7, 11) is 0. The number of hydrogen-bond acceptors (Lipinski definition) is 3. The molecule has 4 rings (SSSR count). The molecule has 2 saturated carbocycles. The Bertz CT molecular complexity index is 834. The summed E-state index contributed by atoms with van der Waals surface area (Å²) in [5.74, 6) is 2.43. The minimum atomic E-state index is -0.342. The Morgan fingerprint density at radius 3 is 2.17 bits per heavy atom. The molecule has 29 heavy (non-hydrogen) atoms. The highest BCUT2D eigenvalue weighted by Gasteiger charge is 2.45. The molecule has 2 aliphatic rings. The Morgan fingerprint density at radius 1 is 0.931 bits per heavy atom. The summed E-state index contributed by atoms with van der Waals surface area (Å²) in [6, 6.07) is 18.4. The molecule has 1 amide bonds. The van der Waals surface area contributed by atoms with Crippen LogP contribution >= 0.6 is 0 Å². The molecule has 2 aromatic carbocycles. The Morgan fingerprint density at radius 2 is 1.55 bits per heavy atom. The highest BCUT2D eigenvalue weighted by Crippen LogP contribution is 2.52. The van der Waals surface area contributed by atoms with E-state index in [2.05, 4.69) is 6.92 Å². The fraction of sp³-hybridized carbons (Fsp3) is 0.440. The summed E-state index contributed by atoms with van der Waals surface area (Å²) in [5.41, 5.74) is 1.23. The van der Waals surface area contributed by atoms with Crippen molar-refractivity contribution >= 4 is 11.9 Å². The van der Waals surface area contributed by atoms with Crippen molar-refractivity contribution in [3.8, 4) is 0 Å². The number of benzene rings is 2. The van der Waals surface area contributed by atoms with Crippen molar-refractivity contribution in [3.63, 3.8) is 0 Å². The molecule has 0 aliphatic heterocycles. The first-order valence-electron chi connectivity index (χ1n) is 10.7. The first-order chi connectivity index (χ1) is 14.1. The Hall–Kier alpha value is -2.62. The number of amides is 1. The lowest BCUT2D eigenvalue weighted by Crippen LogP contribution is -2.41. The molecular formula is C25H29NO3. The van der Waals surface area contributed by atoms with Crippen LogP contribution in [-0.4, -0.2) is 36.5 Å². The van der Waals surface area contributed by atoms with E-state index in [-0.39, 0.29) is 18.5 Å². The molecule has 0 radical (unpaired) electrons. The number of carbonyl (C=O) groups excluding carboxylic acids is 2. The highest BCUT2D eigenvalue weighted by molar-refractivity contribution is 5.94. The van der Waals surface area contributed by atoms with Gasteiger partial charge in [0.05, 0.1) is 12.1 Å². The molecule has 4 unspecified atom stereocenters. The highest BCUT2D eigenvalue weighted by atomic mass is 16.5. The van der Waals surface area contributed by atoms with E-state index in [1.165, 1.54) is 19.3 Å². The molecule has 2 bridgehead atoms.